The first kappa shape index (κ1) is 13.6. The average molecular weight is 272 g/mol. The van der Waals surface area contributed by atoms with Gasteiger partial charge in [-0.25, -0.2) is 4.98 Å². The van der Waals surface area contributed by atoms with Gasteiger partial charge in [0, 0.05) is 13.1 Å². The van der Waals surface area contributed by atoms with Crippen molar-refractivity contribution in [1.82, 2.24) is 9.38 Å². The fourth-order valence-electron chi connectivity index (χ4n) is 1.59. The SMILES string of the molecule is CC(=O)/C(N=Nc1cnc2ccccn2c1=O)=C(\C)O. The Morgan fingerprint density at radius 2 is 2.10 bits per heavy atom. The van der Waals surface area contributed by atoms with E-state index in [1.807, 2.05) is 0 Å². The van der Waals surface area contributed by atoms with Gasteiger partial charge in [0.1, 0.15) is 11.4 Å². The van der Waals surface area contributed by atoms with Crippen LogP contribution in [0.5, 0.6) is 0 Å². The fourth-order valence-corrected chi connectivity index (χ4v) is 1.59. The van der Waals surface area contributed by atoms with Crippen LogP contribution in [0.25, 0.3) is 5.65 Å². The molecule has 0 saturated heterocycles. The van der Waals surface area contributed by atoms with Gasteiger partial charge in [0.2, 0.25) is 0 Å². The van der Waals surface area contributed by atoms with Crippen LogP contribution in [0.2, 0.25) is 0 Å². The van der Waals surface area contributed by atoms with E-state index >= 15 is 0 Å². The summed E-state index contributed by atoms with van der Waals surface area (Å²) in [5.41, 5.74) is -0.133. The third-order valence-corrected chi connectivity index (χ3v) is 2.53. The number of azo groups is 1. The van der Waals surface area contributed by atoms with Crippen molar-refractivity contribution in [2.75, 3.05) is 0 Å². The van der Waals surface area contributed by atoms with Crippen molar-refractivity contribution in [2.24, 2.45) is 10.2 Å². The molecule has 0 bridgehead atoms. The third-order valence-electron chi connectivity index (χ3n) is 2.53. The number of aromatic nitrogens is 2. The van der Waals surface area contributed by atoms with E-state index in [0.29, 0.717) is 5.65 Å². The molecule has 0 unspecified atom stereocenters. The maximum absolute atomic E-state index is 12.1. The highest BCUT2D eigenvalue weighted by molar-refractivity contribution is 5.93. The summed E-state index contributed by atoms with van der Waals surface area (Å²) in [6, 6.07) is 5.13. The highest BCUT2D eigenvalue weighted by Gasteiger charge is 2.08. The lowest BCUT2D eigenvalue weighted by Gasteiger charge is -2.00. The molecule has 0 fully saturated rings. The van der Waals surface area contributed by atoms with Crippen molar-refractivity contribution < 1.29 is 9.90 Å². The predicted molar refractivity (Wildman–Crippen MR) is 72.0 cm³/mol. The van der Waals surface area contributed by atoms with E-state index in [1.54, 1.807) is 24.4 Å². The summed E-state index contributed by atoms with van der Waals surface area (Å²) in [4.78, 5) is 27.4. The Kier molecular flexibility index (Phi) is 3.69. The van der Waals surface area contributed by atoms with Crippen molar-refractivity contribution >= 4 is 17.1 Å². The van der Waals surface area contributed by atoms with Crippen molar-refractivity contribution in [3.8, 4) is 0 Å². The fraction of sp³-hybridized carbons (Fsp3) is 0.154. The van der Waals surface area contributed by atoms with Crippen molar-refractivity contribution in [1.29, 1.82) is 0 Å². The van der Waals surface area contributed by atoms with Crippen LogP contribution in [-0.4, -0.2) is 20.3 Å². The summed E-state index contributed by atoms with van der Waals surface area (Å²) < 4.78 is 1.32. The van der Waals surface area contributed by atoms with Crippen molar-refractivity contribution in [2.45, 2.75) is 13.8 Å². The summed E-state index contributed by atoms with van der Waals surface area (Å²) >= 11 is 0. The Morgan fingerprint density at radius 3 is 2.75 bits per heavy atom. The lowest BCUT2D eigenvalue weighted by Crippen LogP contribution is -2.13. The van der Waals surface area contributed by atoms with Crippen LogP contribution in [0.15, 0.2) is 57.1 Å². The standard InChI is InChI=1S/C13H12N4O3/c1-8(18)12(9(2)19)16-15-10-7-14-11-5-3-4-6-17(11)13(10)20/h3-7,18H,1-2H3/b12-8-,16-15?. The van der Waals surface area contributed by atoms with E-state index < -0.39 is 11.3 Å². The summed E-state index contributed by atoms with van der Waals surface area (Å²) in [6.45, 7) is 2.57. The molecule has 0 atom stereocenters. The molecule has 7 heteroatoms. The number of carbonyl (C=O) groups is 1. The quantitative estimate of drug-likeness (QED) is 0.526. The normalized spacial score (nSPS) is 12.7. The average Bonchev–Trinajstić information content (AvgIpc) is 2.41. The maximum atomic E-state index is 12.1. The second kappa shape index (κ2) is 5.43. The first-order valence-corrected chi connectivity index (χ1v) is 5.79. The van der Waals surface area contributed by atoms with Crippen molar-refractivity contribution in [3.05, 3.63) is 52.4 Å². The van der Waals surface area contributed by atoms with Gasteiger partial charge in [-0.15, -0.1) is 10.2 Å². The lowest BCUT2D eigenvalue weighted by molar-refractivity contribution is -0.113. The van der Waals surface area contributed by atoms with Gasteiger partial charge in [-0.2, -0.15) is 0 Å². The molecular formula is C13H12N4O3. The second-order valence-electron chi connectivity index (χ2n) is 4.07. The molecule has 2 heterocycles. The van der Waals surface area contributed by atoms with E-state index in [0.717, 1.165) is 0 Å². The van der Waals surface area contributed by atoms with Crippen LogP contribution < -0.4 is 5.56 Å². The summed E-state index contributed by atoms with van der Waals surface area (Å²) in [6.07, 6.45) is 2.83. The van der Waals surface area contributed by atoms with Crippen LogP contribution in [0, 0.1) is 0 Å². The number of hydrogen-bond donors (Lipinski definition) is 1. The van der Waals surface area contributed by atoms with Gasteiger partial charge in [0.15, 0.2) is 17.2 Å². The molecule has 2 rings (SSSR count). The zero-order valence-electron chi connectivity index (χ0n) is 10.9. The number of rotatable bonds is 3. The highest BCUT2D eigenvalue weighted by Crippen LogP contribution is 2.11. The Labute approximate surface area is 113 Å². The zero-order valence-corrected chi connectivity index (χ0v) is 10.9. The predicted octanol–water partition coefficient (Wildman–Crippen LogP) is 2.16. The number of Topliss-reactive ketones (excluding diaryl/α,β-unsaturated/α-hetero) is 1. The van der Waals surface area contributed by atoms with Crippen molar-refractivity contribution in [3.63, 3.8) is 0 Å². The van der Waals surface area contributed by atoms with E-state index in [4.69, 9.17) is 0 Å². The monoisotopic (exact) mass is 272 g/mol. The minimum Gasteiger partial charge on any atom is -0.510 e. The molecule has 0 aliphatic carbocycles. The first-order valence-electron chi connectivity index (χ1n) is 5.79. The molecule has 0 spiro atoms. The number of aliphatic hydroxyl groups excluding tert-OH is 1. The third kappa shape index (κ3) is 2.61. The molecule has 20 heavy (non-hydrogen) atoms. The molecule has 2 aromatic heterocycles. The molecule has 0 aromatic carbocycles. The Balaban J connectivity index is 2.50. The van der Waals surface area contributed by atoms with E-state index in [9.17, 15) is 14.7 Å². The Hall–Kier alpha value is -2.83. The molecule has 0 aliphatic heterocycles. The van der Waals surface area contributed by atoms with E-state index in [2.05, 4.69) is 15.2 Å². The van der Waals surface area contributed by atoms with Gasteiger partial charge in [-0.1, -0.05) is 6.07 Å². The van der Waals surface area contributed by atoms with Gasteiger partial charge in [-0.3, -0.25) is 14.0 Å². The summed E-state index contributed by atoms with van der Waals surface area (Å²) in [5.74, 6) is -0.697. The molecule has 0 amide bonds. The zero-order chi connectivity index (χ0) is 14.7. The summed E-state index contributed by atoms with van der Waals surface area (Å²) in [7, 11) is 0. The number of pyridine rings is 1. The summed E-state index contributed by atoms with van der Waals surface area (Å²) in [5, 5.41) is 16.6. The number of carbonyl (C=O) groups excluding carboxylic acids is 1. The van der Waals surface area contributed by atoms with E-state index in [-0.39, 0.29) is 17.1 Å². The topological polar surface area (TPSA) is 96.4 Å². The molecule has 0 saturated carbocycles. The molecule has 7 nitrogen and oxygen atoms in total. The molecular weight excluding hydrogens is 260 g/mol. The van der Waals surface area contributed by atoms with Crippen LogP contribution >= 0.6 is 0 Å². The van der Waals surface area contributed by atoms with Gasteiger partial charge < -0.3 is 5.11 Å². The second-order valence-corrected chi connectivity index (χ2v) is 4.07. The van der Waals surface area contributed by atoms with Gasteiger partial charge in [0.05, 0.1) is 6.20 Å². The number of hydrogen-bond acceptors (Lipinski definition) is 6. The van der Waals surface area contributed by atoms with Gasteiger partial charge in [0.25, 0.3) is 5.56 Å². The van der Waals surface area contributed by atoms with Crippen LogP contribution in [-0.2, 0) is 4.79 Å². The van der Waals surface area contributed by atoms with Gasteiger partial charge in [-0.05, 0) is 19.1 Å². The number of allylic oxidation sites excluding steroid dienone is 2. The molecule has 1 N–H and O–H groups in total. The van der Waals surface area contributed by atoms with Crippen LogP contribution in [0.3, 0.4) is 0 Å². The molecule has 0 radical (unpaired) electrons. The van der Waals surface area contributed by atoms with Gasteiger partial charge >= 0.3 is 0 Å². The van der Waals surface area contributed by atoms with E-state index in [1.165, 1.54) is 24.4 Å². The minimum absolute atomic E-state index is 0.0197. The smallest absolute Gasteiger partial charge is 0.285 e. The molecule has 102 valence electrons. The number of aliphatic hydroxyl groups is 1. The number of fused-ring (bicyclic) bond motifs is 1. The lowest BCUT2D eigenvalue weighted by atomic mass is 10.3. The number of ketones is 1. The van der Waals surface area contributed by atoms with Crippen LogP contribution in [0.1, 0.15) is 13.8 Å². The Bertz CT molecular complexity index is 786. The van der Waals surface area contributed by atoms with Crippen LogP contribution in [0.4, 0.5) is 5.69 Å². The molecule has 0 aliphatic rings. The highest BCUT2D eigenvalue weighted by atomic mass is 16.3. The maximum Gasteiger partial charge on any atom is 0.285 e. The Morgan fingerprint density at radius 1 is 1.35 bits per heavy atom. The first-order chi connectivity index (χ1) is 9.50. The largest absolute Gasteiger partial charge is 0.510 e. The number of nitrogens with zero attached hydrogens (tertiary/aromatic N) is 4. The molecule has 2 aromatic rings. The minimum atomic E-state index is -0.442.